The molecule has 0 atom stereocenters. The molecule has 5 rings (SSSR count). The summed E-state index contributed by atoms with van der Waals surface area (Å²) in [5.74, 6) is -1.59. The van der Waals surface area contributed by atoms with E-state index >= 15 is 0 Å². The Kier molecular flexibility index (Phi) is 6.75. The zero-order valence-electron chi connectivity index (χ0n) is 20.1. The number of ether oxygens (including phenoxy) is 2. The van der Waals surface area contributed by atoms with Gasteiger partial charge in [0.1, 0.15) is 13.2 Å². The number of hydrogen-bond donors (Lipinski definition) is 1. The first kappa shape index (κ1) is 24.0. The number of carbonyl (C=O) groups is 2. The molecule has 1 N–H and O–H groups in total. The van der Waals surface area contributed by atoms with Gasteiger partial charge in [-0.1, -0.05) is 18.2 Å². The van der Waals surface area contributed by atoms with E-state index in [-0.39, 0.29) is 13.2 Å². The summed E-state index contributed by atoms with van der Waals surface area (Å²) < 4.78 is 13.2. The minimum atomic E-state index is -0.650. The second-order valence-electron chi connectivity index (χ2n) is 8.53. The normalized spacial score (nSPS) is 14.3. The Morgan fingerprint density at radius 2 is 1.53 bits per heavy atom. The van der Waals surface area contributed by atoms with Crippen LogP contribution in [0.3, 0.4) is 0 Å². The molecule has 0 spiro atoms. The van der Waals surface area contributed by atoms with Gasteiger partial charge in [0, 0.05) is 33.6 Å². The molecule has 1 aliphatic rings. The zero-order valence-corrected chi connectivity index (χ0v) is 21.7. The monoisotopic (exact) mass is 519 g/mol. The smallest absolute Gasteiger partial charge is 0.337 e. The fourth-order valence-electron chi connectivity index (χ4n) is 4.45. The van der Waals surface area contributed by atoms with Gasteiger partial charge in [0.05, 0.1) is 28.8 Å². The number of dihydropyridines is 1. The lowest BCUT2D eigenvalue weighted by atomic mass is 9.80. The molecule has 9 heteroatoms. The maximum Gasteiger partial charge on any atom is 0.337 e. The molecule has 0 fully saturated rings. The SMILES string of the molecule is CC1=C(C(=O)OCc2cccs2)C(c2ccc3c(cnn3C)c2)C(C(=O)OCc2cccs2)=C(C)N1. The summed E-state index contributed by atoms with van der Waals surface area (Å²) >= 11 is 3.05. The third kappa shape index (κ3) is 4.72. The van der Waals surface area contributed by atoms with Gasteiger partial charge in [0.15, 0.2) is 0 Å². The second kappa shape index (κ2) is 10.1. The van der Waals surface area contributed by atoms with Crippen LogP contribution in [0.15, 0.2) is 82.0 Å². The molecule has 0 saturated carbocycles. The molecule has 0 radical (unpaired) electrons. The van der Waals surface area contributed by atoms with Crippen molar-refractivity contribution in [3.63, 3.8) is 0 Å². The molecule has 7 nitrogen and oxygen atoms in total. The number of fused-ring (bicyclic) bond motifs is 1. The topological polar surface area (TPSA) is 82.5 Å². The van der Waals surface area contributed by atoms with Gasteiger partial charge >= 0.3 is 11.9 Å². The summed E-state index contributed by atoms with van der Waals surface area (Å²) in [4.78, 5) is 28.8. The Morgan fingerprint density at radius 1 is 0.944 bits per heavy atom. The number of nitrogens with zero attached hydrogens (tertiary/aromatic N) is 2. The molecule has 4 aromatic rings. The molecule has 184 valence electrons. The maximum absolute atomic E-state index is 13.5. The van der Waals surface area contributed by atoms with Crippen molar-refractivity contribution >= 4 is 45.5 Å². The van der Waals surface area contributed by atoms with Crippen LogP contribution in [0.1, 0.15) is 35.1 Å². The van der Waals surface area contributed by atoms with Gasteiger partial charge in [-0.2, -0.15) is 5.10 Å². The van der Waals surface area contributed by atoms with E-state index in [1.54, 1.807) is 10.9 Å². The van der Waals surface area contributed by atoms with Gasteiger partial charge < -0.3 is 14.8 Å². The molecule has 0 bridgehead atoms. The maximum atomic E-state index is 13.5. The summed E-state index contributed by atoms with van der Waals surface area (Å²) in [6.45, 7) is 3.99. The molecule has 0 saturated heterocycles. The van der Waals surface area contributed by atoms with Crippen molar-refractivity contribution in [2.75, 3.05) is 0 Å². The molecular weight excluding hydrogens is 494 g/mol. The van der Waals surface area contributed by atoms with E-state index in [4.69, 9.17) is 9.47 Å². The molecule has 36 heavy (non-hydrogen) atoms. The van der Waals surface area contributed by atoms with Gasteiger partial charge in [0.2, 0.25) is 0 Å². The fraction of sp³-hybridized carbons (Fsp3) is 0.222. The van der Waals surface area contributed by atoms with Crippen LogP contribution >= 0.6 is 22.7 Å². The van der Waals surface area contributed by atoms with Gasteiger partial charge in [0.25, 0.3) is 0 Å². The number of carbonyl (C=O) groups excluding carboxylic acids is 2. The minimum absolute atomic E-state index is 0.169. The number of hydrogen-bond acceptors (Lipinski definition) is 8. The van der Waals surface area contributed by atoms with Crippen LogP contribution in [0, 0.1) is 0 Å². The first-order valence-corrected chi connectivity index (χ1v) is 13.2. The summed E-state index contributed by atoms with van der Waals surface area (Å²) in [6, 6.07) is 13.5. The Labute approximate surface area is 216 Å². The van der Waals surface area contributed by atoms with Crippen molar-refractivity contribution < 1.29 is 19.1 Å². The lowest BCUT2D eigenvalue weighted by molar-refractivity contribution is -0.141. The highest BCUT2D eigenvalue weighted by molar-refractivity contribution is 7.10. The van der Waals surface area contributed by atoms with E-state index < -0.39 is 17.9 Å². The van der Waals surface area contributed by atoms with E-state index in [1.807, 2.05) is 74.1 Å². The third-order valence-electron chi connectivity index (χ3n) is 6.16. The summed E-state index contributed by atoms with van der Waals surface area (Å²) in [6.07, 6.45) is 1.77. The van der Waals surface area contributed by atoms with E-state index in [2.05, 4.69) is 10.4 Å². The largest absolute Gasteiger partial charge is 0.457 e. The lowest BCUT2D eigenvalue weighted by Crippen LogP contribution is -2.32. The number of nitrogens with one attached hydrogen (secondary N) is 1. The molecule has 1 aromatic carbocycles. The second-order valence-corrected chi connectivity index (χ2v) is 10.6. The highest BCUT2D eigenvalue weighted by atomic mass is 32.1. The standard InChI is InChI=1S/C27H25N3O4S2/c1-16-23(26(31)33-14-20-6-4-10-35-20)25(18-8-9-22-19(12-18)13-28-30(22)3)24(17(2)29-16)27(32)34-15-21-7-5-11-36-21/h4-13,25,29H,14-15H2,1-3H3. The molecule has 0 amide bonds. The summed E-state index contributed by atoms with van der Waals surface area (Å²) in [7, 11) is 1.88. The van der Waals surface area contributed by atoms with Crippen LogP contribution in [-0.2, 0) is 39.3 Å². The Bertz CT molecular complexity index is 1410. The molecule has 0 aliphatic carbocycles. The third-order valence-corrected chi connectivity index (χ3v) is 7.85. The van der Waals surface area contributed by atoms with Gasteiger partial charge in [-0.3, -0.25) is 4.68 Å². The highest BCUT2D eigenvalue weighted by Crippen LogP contribution is 2.40. The Balaban J connectivity index is 1.53. The van der Waals surface area contributed by atoms with Crippen molar-refractivity contribution in [1.29, 1.82) is 0 Å². The van der Waals surface area contributed by atoms with Crippen molar-refractivity contribution in [2.24, 2.45) is 7.05 Å². The van der Waals surface area contributed by atoms with E-state index in [0.717, 1.165) is 26.2 Å². The average molecular weight is 520 g/mol. The lowest BCUT2D eigenvalue weighted by Gasteiger charge is -2.30. The number of allylic oxidation sites excluding steroid dienone is 2. The molecular formula is C27H25N3O4S2. The van der Waals surface area contributed by atoms with Crippen molar-refractivity contribution in [3.05, 3.63) is 97.3 Å². The average Bonchev–Trinajstić information content (AvgIpc) is 3.63. The predicted molar refractivity (Wildman–Crippen MR) is 140 cm³/mol. The van der Waals surface area contributed by atoms with Gasteiger partial charge in [-0.05, 0) is 54.4 Å². The Morgan fingerprint density at radius 3 is 2.06 bits per heavy atom. The summed E-state index contributed by atoms with van der Waals surface area (Å²) in [5.41, 5.74) is 3.83. The number of esters is 2. The predicted octanol–water partition coefficient (Wildman–Crippen LogP) is 5.42. The number of aromatic nitrogens is 2. The first-order chi connectivity index (χ1) is 17.4. The van der Waals surface area contributed by atoms with Crippen LogP contribution < -0.4 is 5.32 Å². The van der Waals surface area contributed by atoms with Crippen LogP contribution in [-0.4, -0.2) is 21.7 Å². The summed E-state index contributed by atoms with van der Waals surface area (Å²) in [5, 5.41) is 12.3. The van der Waals surface area contributed by atoms with Crippen LogP contribution in [0.25, 0.3) is 10.9 Å². The number of aryl methyl sites for hydroxylation is 1. The molecule has 4 heterocycles. The van der Waals surface area contributed by atoms with E-state index in [0.29, 0.717) is 22.5 Å². The van der Waals surface area contributed by atoms with Crippen LogP contribution in [0.5, 0.6) is 0 Å². The number of rotatable bonds is 7. The van der Waals surface area contributed by atoms with Crippen molar-refractivity contribution in [3.8, 4) is 0 Å². The highest BCUT2D eigenvalue weighted by Gasteiger charge is 2.38. The molecule has 0 unspecified atom stereocenters. The number of benzene rings is 1. The zero-order chi connectivity index (χ0) is 25.2. The quantitative estimate of drug-likeness (QED) is 0.329. The first-order valence-electron chi connectivity index (χ1n) is 11.4. The van der Waals surface area contributed by atoms with Gasteiger partial charge in [-0.15, -0.1) is 22.7 Å². The van der Waals surface area contributed by atoms with E-state index in [9.17, 15) is 9.59 Å². The van der Waals surface area contributed by atoms with Crippen molar-refractivity contribution in [1.82, 2.24) is 15.1 Å². The fourth-order valence-corrected chi connectivity index (χ4v) is 5.68. The molecule has 1 aliphatic heterocycles. The molecule has 3 aromatic heterocycles. The number of thiophene rings is 2. The Hall–Kier alpha value is -3.69. The van der Waals surface area contributed by atoms with E-state index in [1.165, 1.54) is 22.7 Å². The van der Waals surface area contributed by atoms with Crippen LogP contribution in [0.4, 0.5) is 0 Å². The van der Waals surface area contributed by atoms with Gasteiger partial charge in [-0.25, -0.2) is 9.59 Å². The minimum Gasteiger partial charge on any atom is -0.457 e. The van der Waals surface area contributed by atoms with Crippen molar-refractivity contribution in [2.45, 2.75) is 33.0 Å². The van der Waals surface area contributed by atoms with Crippen LogP contribution in [0.2, 0.25) is 0 Å².